The first-order chi connectivity index (χ1) is 18.1. The number of para-hydroxylation sites is 1. The van der Waals surface area contributed by atoms with Gasteiger partial charge in [0.05, 0.1) is 6.04 Å². The smallest absolute Gasteiger partial charge is 0.185 e. The zero-order valence-electron chi connectivity index (χ0n) is 20.1. The van der Waals surface area contributed by atoms with Crippen molar-refractivity contribution in [1.82, 2.24) is 0 Å². The van der Waals surface area contributed by atoms with Crippen LogP contribution < -0.4 is 4.90 Å². The zero-order valence-corrected chi connectivity index (χ0v) is 20.8. The summed E-state index contributed by atoms with van der Waals surface area (Å²) in [6.45, 7) is 0. The highest BCUT2D eigenvalue weighted by atomic mass is 35.5. The van der Waals surface area contributed by atoms with Crippen molar-refractivity contribution in [1.29, 1.82) is 10.5 Å². The van der Waals surface area contributed by atoms with E-state index in [-0.39, 0.29) is 35.2 Å². The first-order valence-electron chi connectivity index (χ1n) is 12.6. The average Bonchev–Trinajstić information content (AvgIpc) is 3.73. The van der Waals surface area contributed by atoms with E-state index in [1.807, 2.05) is 66.7 Å². The van der Waals surface area contributed by atoms with Crippen molar-refractivity contribution in [2.75, 3.05) is 4.90 Å². The molecule has 4 nitrogen and oxygen atoms in total. The van der Waals surface area contributed by atoms with Crippen LogP contribution in [0.4, 0.5) is 5.69 Å². The van der Waals surface area contributed by atoms with Crippen molar-refractivity contribution in [3.05, 3.63) is 118 Å². The van der Waals surface area contributed by atoms with Gasteiger partial charge in [-0.3, -0.25) is 4.79 Å². The maximum absolute atomic E-state index is 14.4. The van der Waals surface area contributed by atoms with Gasteiger partial charge >= 0.3 is 0 Å². The molecule has 3 aromatic rings. The Morgan fingerprint density at radius 2 is 1.57 bits per heavy atom. The number of ketones is 1. The molecule has 3 aliphatic rings. The molecule has 2 heterocycles. The van der Waals surface area contributed by atoms with Crippen molar-refractivity contribution in [3.8, 4) is 12.1 Å². The number of rotatable bonds is 5. The predicted molar refractivity (Wildman–Crippen MR) is 145 cm³/mol. The molecule has 2 aliphatic heterocycles. The largest absolute Gasteiger partial charge is 0.353 e. The molecule has 6 rings (SSSR count). The number of allylic oxidation sites excluding steroid dienone is 1. The van der Waals surface area contributed by atoms with Crippen LogP contribution in [0.25, 0.3) is 6.08 Å². The Bertz CT molecular complexity index is 1490. The number of hydrogen-bond donors (Lipinski definition) is 0. The van der Waals surface area contributed by atoms with Crippen LogP contribution in [0.15, 0.2) is 96.1 Å². The minimum atomic E-state index is -0.517. The minimum Gasteiger partial charge on any atom is -0.353 e. The number of hydrogen-bond acceptors (Lipinski definition) is 4. The number of benzene rings is 3. The summed E-state index contributed by atoms with van der Waals surface area (Å²) in [7, 11) is 0. The Kier molecular flexibility index (Phi) is 5.91. The van der Waals surface area contributed by atoms with Gasteiger partial charge in [-0.05, 0) is 53.7 Å². The highest BCUT2D eigenvalue weighted by Gasteiger charge is 2.56. The number of fused-ring (bicyclic) bond motifs is 3. The summed E-state index contributed by atoms with van der Waals surface area (Å²) >= 11 is 6.27. The van der Waals surface area contributed by atoms with Crippen LogP contribution in [-0.2, 0) is 0 Å². The van der Waals surface area contributed by atoms with Gasteiger partial charge in [0.15, 0.2) is 5.78 Å². The summed E-state index contributed by atoms with van der Waals surface area (Å²) in [6.07, 6.45) is 6.18. The molecule has 0 unspecified atom stereocenters. The number of carbonyl (C=O) groups is 1. The summed E-state index contributed by atoms with van der Waals surface area (Å²) in [4.78, 5) is 16.6. The molecule has 5 heteroatoms. The second kappa shape index (κ2) is 9.40. The summed E-state index contributed by atoms with van der Waals surface area (Å²) in [5.74, 6) is -0.251. The number of anilines is 1. The van der Waals surface area contributed by atoms with Gasteiger partial charge in [-0.25, -0.2) is 0 Å². The van der Waals surface area contributed by atoms with Gasteiger partial charge < -0.3 is 4.90 Å². The molecule has 0 spiro atoms. The van der Waals surface area contributed by atoms with Crippen LogP contribution in [0.5, 0.6) is 0 Å². The molecule has 1 saturated heterocycles. The highest BCUT2D eigenvalue weighted by molar-refractivity contribution is 6.30. The van der Waals surface area contributed by atoms with E-state index in [0.29, 0.717) is 10.6 Å². The van der Waals surface area contributed by atoms with E-state index in [9.17, 15) is 15.3 Å². The Balaban J connectivity index is 1.63. The third kappa shape index (κ3) is 3.95. The van der Waals surface area contributed by atoms with Crippen LogP contribution in [-0.4, -0.2) is 17.9 Å². The molecule has 2 fully saturated rings. The number of nitriles is 2. The fraction of sp³-hybridized carbons (Fsp3) is 0.219. The van der Waals surface area contributed by atoms with E-state index < -0.39 is 6.04 Å². The molecule has 0 bridgehead atoms. The summed E-state index contributed by atoms with van der Waals surface area (Å²) in [5, 5.41) is 20.6. The van der Waals surface area contributed by atoms with E-state index in [1.54, 1.807) is 0 Å². The van der Waals surface area contributed by atoms with Crippen molar-refractivity contribution >= 4 is 29.1 Å². The SMILES string of the molecule is N#CC(C#N)=C(C1CC1)[C@H]1[C@H](c2ccc(Cl)cc2)[C@H](C(=O)c2ccccc2)N2c3ccccc3C=C[C@H]12. The summed E-state index contributed by atoms with van der Waals surface area (Å²) < 4.78 is 0. The molecule has 1 aliphatic carbocycles. The molecule has 4 atom stereocenters. The second-order valence-electron chi connectivity index (χ2n) is 9.92. The zero-order chi connectivity index (χ0) is 25.5. The maximum Gasteiger partial charge on any atom is 0.185 e. The molecule has 0 radical (unpaired) electrons. The third-order valence-corrected chi connectivity index (χ3v) is 8.13. The molecular weight excluding hydrogens is 478 g/mol. The van der Waals surface area contributed by atoms with Gasteiger partial charge in [-0.2, -0.15) is 10.5 Å². The molecule has 180 valence electrons. The van der Waals surface area contributed by atoms with E-state index in [1.165, 1.54) is 0 Å². The lowest BCUT2D eigenvalue weighted by atomic mass is 9.73. The molecule has 1 saturated carbocycles. The van der Waals surface area contributed by atoms with Gasteiger partial charge in [0.2, 0.25) is 0 Å². The van der Waals surface area contributed by atoms with E-state index in [2.05, 4.69) is 41.3 Å². The van der Waals surface area contributed by atoms with Gasteiger partial charge in [0.25, 0.3) is 0 Å². The summed E-state index contributed by atoms with van der Waals surface area (Å²) in [5.41, 5.74) is 4.76. The van der Waals surface area contributed by atoms with Crippen molar-refractivity contribution in [2.45, 2.75) is 30.8 Å². The minimum absolute atomic E-state index is 0.0313. The molecule has 37 heavy (non-hydrogen) atoms. The molecule has 0 N–H and O–H groups in total. The van der Waals surface area contributed by atoms with E-state index in [4.69, 9.17) is 11.6 Å². The van der Waals surface area contributed by atoms with Crippen molar-refractivity contribution in [3.63, 3.8) is 0 Å². The van der Waals surface area contributed by atoms with E-state index >= 15 is 0 Å². The van der Waals surface area contributed by atoms with Gasteiger partial charge in [-0.15, -0.1) is 0 Å². The highest BCUT2D eigenvalue weighted by Crippen LogP contribution is 2.56. The molecular formula is C32H24ClN3O. The van der Waals surface area contributed by atoms with Crippen LogP contribution in [0.3, 0.4) is 0 Å². The normalized spacial score (nSPS) is 23.4. The average molecular weight is 502 g/mol. The van der Waals surface area contributed by atoms with Gasteiger partial charge in [0.1, 0.15) is 23.8 Å². The topological polar surface area (TPSA) is 67.9 Å². The monoisotopic (exact) mass is 501 g/mol. The van der Waals surface area contributed by atoms with Crippen molar-refractivity contribution < 1.29 is 4.79 Å². The predicted octanol–water partition coefficient (Wildman–Crippen LogP) is 6.96. The van der Waals surface area contributed by atoms with E-state index in [0.717, 1.165) is 35.2 Å². The molecule has 3 aromatic carbocycles. The third-order valence-electron chi connectivity index (χ3n) is 7.87. The van der Waals surface area contributed by atoms with Crippen LogP contribution in [0.1, 0.15) is 40.2 Å². The maximum atomic E-state index is 14.4. The number of halogens is 1. The quantitative estimate of drug-likeness (QED) is 0.280. The first-order valence-corrected chi connectivity index (χ1v) is 12.9. The Morgan fingerprint density at radius 3 is 2.24 bits per heavy atom. The second-order valence-corrected chi connectivity index (χ2v) is 10.4. The lowest BCUT2D eigenvalue weighted by molar-refractivity contribution is 0.0952. The fourth-order valence-corrected chi connectivity index (χ4v) is 6.36. The molecule has 0 amide bonds. The standard InChI is InChI=1S/C32H24ClN3O/c33-25-15-12-22(13-16-25)29-30(28(21-10-11-21)24(18-34)19-35)27-17-14-20-6-4-5-9-26(20)36(27)31(29)32(37)23-7-2-1-3-8-23/h1-9,12-17,21,27,29-31H,10-11H2/t27-,29+,30+,31-/m1/s1. The first kappa shape index (κ1) is 23.3. The number of nitrogens with zero attached hydrogens (tertiary/aromatic N) is 3. The number of Topliss-reactive ketones (excluding diaryl/α,β-unsaturated/α-hetero) is 1. The van der Waals surface area contributed by atoms with Crippen LogP contribution in [0.2, 0.25) is 5.02 Å². The van der Waals surface area contributed by atoms with Crippen molar-refractivity contribution in [2.24, 2.45) is 11.8 Å². The fourth-order valence-electron chi connectivity index (χ4n) is 6.24. The number of carbonyl (C=O) groups excluding carboxylic acids is 1. The Labute approximate surface area is 221 Å². The van der Waals surface area contributed by atoms with Gasteiger partial charge in [-0.1, -0.05) is 84.4 Å². The summed E-state index contributed by atoms with van der Waals surface area (Å²) in [6, 6.07) is 28.9. The van der Waals surface area contributed by atoms with Crippen LogP contribution in [0, 0.1) is 34.5 Å². The van der Waals surface area contributed by atoms with Crippen LogP contribution >= 0.6 is 11.6 Å². The Morgan fingerprint density at radius 1 is 0.892 bits per heavy atom. The van der Waals surface area contributed by atoms with Gasteiger partial charge in [0, 0.05) is 28.1 Å². The molecule has 0 aromatic heterocycles. The lowest BCUT2D eigenvalue weighted by Crippen LogP contribution is -2.43. The lowest BCUT2D eigenvalue weighted by Gasteiger charge is -2.36. The Hall–Kier alpha value is -4.12.